The second kappa shape index (κ2) is 10.4. The Morgan fingerprint density at radius 2 is 1.85 bits per heavy atom. The molecule has 172 valence electrons. The van der Waals surface area contributed by atoms with Gasteiger partial charge in [-0.25, -0.2) is 0 Å². The van der Waals surface area contributed by atoms with E-state index in [1.54, 1.807) is 30.3 Å². The quantitative estimate of drug-likeness (QED) is 0.328. The number of nitrogens with zero attached hydrogens (tertiary/aromatic N) is 1. The Morgan fingerprint density at radius 1 is 1.18 bits per heavy atom. The fourth-order valence-corrected chi connectivity index (χ4v) is 3.23. The van der Waals surface area contributed by atoms with Crippen LogP contribution in [0.3, 0.4) is 0 Å². The minimum absolute atomic E-state index is 0.273. The number of allylic oxidation sites excluding steroid dienone is 2. The number of rotatable bonds is 9. The largest absolute Gasteiger partial charge is 0.415 e. The van der Waals surface area contributed by atoms with Crippen molar-refractivity contribution in [2.45, 2.75) is 38.0 Å². The van der Waals surface area contributed by atoms with Crippen LogP contribution in [0.1, 0.15) is 42.9 Å². The predicted molar refractivity (Wildman–Crippen MR) is 120 cm³/mol. The van der Waals surface area contributed by atoms with E-state index < -0.39 is 29.5 Å². The highest BCUT2D eigenvalue weighted by atomic mass is 19.4. The summed E-state index contributed by atoms with van der Waals surface area (Å²) >= 11 is 0. The third-order valence-corrected chi connectivity index (χ3v) is 5.27. The molecule has 0 spiro atoms. The first kappa shape index (κ1) is 24.1. The molecule has 1 aliphatic rings. The third-order valence-electron chi connectivity index (χ3n) is 5.27. The molecule has 1 saturated carbocycles. The highest BCUT2D eigenvalue weighted by molar-refractivity contribution is 6.06. The molecule has 5 nitrogen and oxygen atoms in total. The number of hydrogen-bond donors (Lipinski definition) is 3. The SMILES string of the molecule is C=C(/C=C(\Nc1cccc(C#N)c1)C(=O)Nc1cccc(C(O)CCC2CC2)c1)C(F)(F)F. The van der Waals surface area contributed by atoms with E-state index in [0.717, 1.165) is 6.42 Å². The van der Waals surface area contributed by atoms with Gasteiger partial charge in [0.15, 0.2) is 0 Å². The normalized spacial score (nSPS) is 14.8. The van der Waals surface area contributed by atoms with Crippen LogP contribution in [0, 0.1) is 17.2 Å². The lowest BCUT2D eigenvalue weighted by molar-refractivity contribution is -0.112. The molecule has 0 saturated heterocycles. The van der Waals surface area contributed by atoms with Crippen LogP contribution in [0.5, 0.6) is 0 Å². The summed E-state index contributed by atoms with van der Waals surface area (Å²) in [6, 6.07) is 14.5. The lowest BCUT2D eigenvalue weighted by Gasteiger charge is -2.15. The first-order chi connectivity index (χ1) is 15.7. The Morgan fingerprint density at radius 3 is 2.48 bits per heavy atom. The monoisotopic (exact) mass is 455 g/mol. The maximum absolute atomic E-state index is 13.1. The van der Waals surface area contributed by atoms with Gasteiger partial charge < -0.3 is 15.7 Å². The zero-order chi connectivity index (χ0) is 24.0. The Hall–Kier alpha value is -3.57. The van der Waals surface area contributed by atoms with Crippen molar-refractivity contribution >= 4 is 17.3 Å². The number of nitriles is 1. The van der Waals surface area contributed by atoms with Crippen LogP contribution in [0.2, 0.25) is 0 Å². The smallest absolute Gasteiger partial charge is 0.388 e. The zero-order valence-electron chi connectivity index (χ0n) is 17.8. The molecular formula is C25H24F3N3O2. The van der Waals surface area contributed by atoms with Gasteiger partial charge in [0.05, 0.1) is 23.3 Å². The van der Waals surface area contributed by atoms with Crippen molar-refractivity contribution in [3.8, 4) is 6.07 Å². The van der Waals surface area contributed by atoms with Gasteiger partial charge in [-0.1, -0.05) is 37.6 Å². The molecule has 1 aliphatic carbocycles. The number of carbonyl (C=O) groups excluding carboxylic acids is 1. The topological polar surface area (TPSA) is 85.2 Å². The number of halogens is 3. The molecule has 0 bridgehead atoms. The Balaban J connectivity index is 1.79. The Kier molecular flexibility index (Phi) is 7.56. The van der Waals surface area contributed by atoms with Crippen LogP contribution in [0.25, 0.3) is 0 Å². The molecule has 33 heavy (non-hydrogen) atoms. The maximum Gasteiger partial charge on any atom is 0.415 e. The van der Waals surface area contributed by atoms with Gasteiger partial charge in [0.1, 0.15) is 5.70 Å². The van der Waals surface area contributed by atoms with Crippen LogP contribution in [0.4, 0.5) is 24.5 Å². The molecule has 0 radical (unpaired) electrons. The maximum atomic E-state index is 13.1. The molecular weight excluding hydrogens is 431 g/mol. The van der Waals surface area contributed by atoms with Crippen molar-refractivity contribution < 1.29 is 23.1 Å². The molecule has 3 N–H and O–H groups in total. The average Bonchev–Trinajstić information content (AvgIpc) is 3.61. The lowest BCUT2D eigenvalue weighted by atomic mass is 10.0. The van der Waals surface area contributed by atoms with Crippen molar-refractivity contribution in [1.29, 1.82) is 5.26 Å². The van der Waals surface area contributed by atoms with Crippen molar-refractivity contribution in [1.82, 2.24) is 0 Å². The molecule has 2 aromatic rings. The summed E-state index contributed by atoms with van der Waals surface area (Å²) in [4.78, 5) is 12.9. The van der Waals surface area contributed by atoms with E-state index in [1.807, 2.05) is 6.07 Å². The highest BCUT2D eigenvalue weighted by Gasteiger charge is 2.31. The van der Waals surface area contributed by atoms with E-state index in [9.17, 15) is 23.1 Å². The van der Waals surface area contributed by atoms with Gasteiger partial charge in [-0.05, 0) is 60.7 Å². The van der Waals surface area contributed by atoms with Gasteiger partial charge >= 0.3 is 6.18 Å². The van der Waals surface area contributed by atoms with Crippen molar-refractivity contribution in [3.05, 3.63) is 83.6 Å². The summed E-state index contributed by atoms with van der Waals surface area (Å²) in [5, 5.41) is 24.7. The minimum Gasteiger partial charge on any atom is -0.388 e. The van der Waals surface area contributed by atoms with E-state index in [0.29, 0.717) is 29.7 Å². The van der Waals surface area contributed by atoms with Gasteiger partial charge in [-0.15, -0.1) is 0 Å². The van der Waals surface area contributed by atoms with E-state index in [-0.39, 0.29) is 11.3 Å². The van der Waals surface area contributed by atoms with Crippen LogP contribution < -0.4 is 10.6 Å². The minimum atomic E-state index is -4.71. The average molecular weight is 455 g/mol. The Labute approximate surface area is 190 Å². The number of anilines is 2. The van der Waals surface area contributed by atoms with Crippen molar-refractivity contribution in [2.24, 2.45) is 5.92 Å². The first-order valence-corrected chi connectivity index (χ1v) is 10.5. The number of nitrogens with one attached hydrogen (secondary N) is 2. The zero-order valence-corrected chi connectivity index (χ0v) is 17.8. The van der Waals surface area contributed by atoms with Crippen molar-refractivity contribution in [3.63, 3.8) is 0 Å². The first-order valence-electron chi connectivity index (χ1n) is 10.5. The van der Waals surface area contributed by atoms with Gasteiger partial charge in [0, 0.05) is 11.4 Å². The van der Waals surface area contributed by atoms with Gasteiger partial charge in [0.2, 0.25) is 0 Å². The number of alkyl halides is 3. The van der Waals surface area contributed by atoms with E-state index in [4.69, 9.17) is 5.26 Å². The van der Waals surface area contributed by atoms with E-state index >= 15 is 0 Å². The summed E-state index contributed by atoms with van der Waals surface area (Å²) in [6.07, 6.45) is -0.882. The number of hydrogen-bond acceptors (Lipinski definition) is 4. The van der Waals surface area contributed by atoms with E-state index in [2.05, 4.69) is 17.2 Å². The molecule has 0 aliphatic heterocycles. The van der Waals surface area contributed by atoms with Gasteiger partial charge in [-0.3, -0.25) is 4.79 Å². The molecule has 1 unspecified atom stereocenters. The molecule has 3 rings (SSSR count). The number of aliphatic hydroxyl groups excluding tert-OH is 1. The fourth-order valence-electron chi connectivity index (χ4n) is 3.23. The third kappa shape index (κ3) is 7.22. The van der Waals surface area contributed by atoms with Crippen molar-refractivity contribution in [2.75, 3.05) is 10.6 Å². The van der Waals surface area contributed by atoms with Crippen LogP contribution in [-0.4, -0.2) is 17.2 Å². The Bertz CT molecular complexity index is 1100. The second-order valence-electron chi connectivity index (χ2n) is 8.01. The number of aliphatic hydroxyl groups is 1. The number of amides is 1. The predicted octanol–water partition coefficient (Wildman–Crippen LogP) is 5.83. The molecule has 1 amide bonds. The highest BCUT2D eigenvalue weighted by Crippen LogP contribution is 2.36. The molecule has 1 fully saturated rings. The lowest BCUT2D eigenvalue weighted by Crippen LogP contribution is -2.21. The summed E-state index contributed by atoms with van der Waals surface area (Å²) in [6.45, 7) is 3.00. The van der Waals surface area contributed by atoms with Crippen LogP contribution in [-0.2, 0) is 4.79 Å². The van der Waals surface area contributed by atoms with Gasteiger partial charge in [0.25, 0.3) is 5.91 Å². The summed E-state index contributed by atoms with van der Waals surface area (Å²) in [5.74, 6) is -0.157. The molecule has 2 aromatic carbocycles. The summed E-state index contributed by atoms with van der Waals surface area (Å²) in [5.41, 5.74) is -0.0997. The molecule has 0 aromatic heterocycles. The fraction of sp³-hybridized carbons (Fsp3) is 0.280. The standard InChI is InChI=1S/C25H24F3N3O2/c1-16(25(26,27)28)12-22(30-20-6-2-4-18(13-20)15-29)24(33)31-21-7-3-5-19(14-21)23(32)11-10-17-8-9-17/h2-7,12-14,17,23,30,32H,1,8-11H2,(H,31,33)/b22-12-. The number of benzene rings is 2. The number of carbonyl (C=O) groups is 1. The van der Waals surface area contributed by atoms with E-state index in [1.165, 1.54) is 31.0 Å². The summed E-state index contributed by atoms with van der Waals surface area (Å²) in [7, 11) is 0. The van der Waals surface area contributed by atoms with Gasteiger partial charge in [-0.2, -0.15) is 18.4 Å². The second-order valence-corrected chi connectivity index (χ2v) is 8.01. The molecule has 0 heterocycles. The van der Waals surface area contributed by atoms with Crippen LogP contribution >= 0.6 is 0 Å². The molecule has 8 heteroatoms. The molecule has 1 atom stereocenters. The summed E-state index contributed by atoms with van der Waals surface area (Å²) < 4.78 is 39.2. The van der Waals surface area contributed by atoms with Crippen LogP contribution in [0.15, 0.2) is 72.5 Å².